The van der Waals surface area contributed by atoms with E-state index in [0.717, 1.165) is 19.4 Å². The van der Waals surface area contributed by atoms with Crippen molar-refractivity contribution < 1.29 is 10.2 Å². The maximum atomic E-state index is 10.3. The van der Waals surface area contributed by atoms with Crippen LogP contribution in [0.1, 0.15) is 18.4 Å². The first-order chi connectivity index (χ1) is 7.61. The first-order valence-electron chi connectivity index (χ1n) is 5.50. The van der Waals surface area contributed by atoms with E-state index in [1.165, 1.54) is 0 Å². The van der Waals surface area contributed by atoms with Gasteiger partial charge in [0, 0.05) is 13.0 Å². The summed E-state index contributed by atoms with van der Waals surface area (Å²) in [6.45, 7) is 1.52. The van der Waals surface area contributed by atoms with Gasteiger partial charge in [0.2, 0.25) is 0 Å². The van der Waals surface area contributed by atoms with Gasteiger partial charge in [-0.25, -0.2) is 0 Å². The maximum Gasteiger partial charge on any atom is 0.137 e. The van der Waals surface area contributed by atoms with E-state index in [2.05, 4.69) is 5.32 Å². The number of halogens is 1. The highest BCUT2D eigenvalue weighted by Gasteiger charge is 2.30. The van der Waals surface area contributed by atoms with Crippen LogP contribution in [-0.2, 0) is 6.42 Å². The molecule has 1 atom stereocenters. The average molecular weight is 242 g/mol. The van der Waals surface area contributed by atoms with Gasteiger partial charge in [0.25, 0.3) is 0 Å². The second kappa shape index (κ2) is 4.62. The lowest BCUT2D eigenvalue weighted by Gasteiger charge is -2.33. The molecule has 1 fully saturated rings. The first-order valence-corrected chi connectivity index (χ1v) is 5.88. The zero-order chi connectivity index (χ0) is 11.6. The Morgan fingerprint density at radius 2 is 2.25 bits per heavy atom. The molecule has 0 spiro atoms. The van der Waals surface area contributed by atoms with E-state index in [0.29, 0.717) is 23.6 Å². The standard InChI is InChI=1S/C12H16ClNO2/c13-10-4-1-3-9(11(10)15)7-12(16)5-2-6-14-8-12/h1,3-4,14-16H,2,5-8H2. The van der Waals surface area contributed by atoms with E-state index in [4.69, 9.17) is 11.6 Å². The molecule has 3 nitrogen and oxygen atoms in total. The van der Waals surface area contributed by atoms with E-state index in [-0.39, 0.29) is 5.75 Å². The lowest BCUT2D eigenvalue weighted by molar-refractivity contribution is 0.0165. The highest BCUT2D eigenvalue weighted by molar-refractivity contribution is 6.32. The minimum absolute atomic E-state index is 0.0863. The minimum Gasteiger partial charge on any atom is -0.506 e. The first kappa shape index (κ1) is 11.7. The zero-order valence-electron chi connectivity index (χ0n) is 9.04. The molecule has 4 heteroatoms. The number of benzene rings is 1. The van der Waals surface area contributed by atoms with Crippen LogP contribution < -0.4 is 5.32 Å². The lowest BCUT2D eigenvalue weighted by Crippen LogP contribution is -2.47. The zero-order valence-corrected chi connectivity index (χ0v) is 9.80. The maximum absolute atomic E-state index is 10.3. The molecule has 1 aliphatic rings. The molecule has 1 saturated heterocycles. The van der Waals surface area contributed by atoms with Crippen LogP contribution in [0.4, 0.5) is 0 Å². The van der Waals surface area contributed by atoms with E-state index in [9.17, 15) is 10.2 Å². The predicted octanol–water partition coefficient (Wildman–Crippen LogP) is 1.70. The molecule has 0 saturated carbocycles. The molecule has 1 aliphatic heterocycles. The molecule has 0 bridgehead atoms. The molecule has 3 N–H and O–H groups in total. The number of phenolic OH excluding ortho intramolecular Hbond substituents is 1. The van der Waals surface area contributed by atoms with Crippen LogP contribution in [0.3, 0.4) is 0 Å². The van der Waals surface area contributed by atoms with E-state index in [1.807, 2.05) is 0 Å². The molecular weight excluding hydrogens is 226 g/mol. The summed E-state index contributed by atoms with van der Waals surface area (Å²) in [5.41, 5.74) is -0.0564. The van der Waals surface area contributed by atoms with Gasteiger partial charge in [-0.2, -0.15) is 0 Å². The summed E-state index contributed by atoms with van der Waals surface area (Å²) in [5, 5.41) is 23.6. The smallest absolute Gasteiger partial charge is 0.137 e. The summed E-state index contributed by atoms with van der Waals surface area (Å²) in [5.74, 6) is 0.0863. The fourth-order valence-corrected chi connectivity index (χ4v) is 2.35. The van der Waals surface area contributed by atoms with Crippen molar-refractivity contribution in [1.82, 2.24) is 5.32 Å². The Morgan fingerprint density at radius 1 is 1.44 bits per heavy atom. The number of nitrogens with one attached hydrogen (secondary N) is 1. The number of rotatable bonds is 2. The minimum atomic E-state index is -0.763. The van der Waals surface area contributed by atoms with E-state index < -0.39 is 5.60 Å². The summed E-state index contributed by atoms with van der Waals surface area (Å²) >= 11 is 5.83. The fraction of sp³-hybridized carbons (Fsp3) is 0.500. The van der Waals surface area contributed by atoms with Gasteiger partial charge in [0.15, 0.2) is 0 Å². The third-order valence-corrected chi connectivity index (χ3v) is 3.34. The number of hydrogen-bond acceptors (Lipinski definition) is 3. The van der Waals surface area contributed by atoms with Crippen molar-refractivity contribution in [2.24, 2.45) is 0 Å². The third-order valence-electron chi connectivity index (χ3n) is 3.04. The molecule has 1 heterocycles. The van der Waals surface area contributed by atoms with Crippen LogP contribution >= 0.6 is 11.6 Å². The topological polar surface area (TPSA) is 52.5 Å². The highest BCUT2D eigenvalue weighted by atomic mass is 35.5. The summed E-state index contributed by atoms with van der Waals surface area (Å²) in [6, 6.07) is 5.23. The number of phenols is 1. The van der Waals surface area contributed by atoms with Crippen LogP contribution in [0.15, 0.2) is 18.2 Å². The summed E-state index contributed by atoms with van der Waals surface area (Å²) in [4.78, 5) is 0. The number of β-amino-alcohol motifs (C(OH)–C–C–N with tert-alkyl or cyclic N) is 1. The quantitative estimate of drug-likeness (QED) is 0.739. The van der Waals surface area contributed by atoms with Crippen molar-refractivity contribution in [1.29, 1.82) is 0 Å². The Morgan fingerprint density at radius 3 is 2.94 bits per heavy atom. The second-order valence-corrected chi connectivity index (χ2v) is 4.84. The lowest BCUT2D eigenvalue weighted by atomic mass is 9.87. The molecule has 0 aromatic heterocycles. The molecule has 0 amide bonds. The van der Waals surface area contributed by atoms with Crippen molar-refractivity contribution >= 4 is 11.6 Å². The second-order valence-electron chi connectivity index (χ2n) is 4.43. The van der Waals surface area contributed by atoms with Gasteiger partial charge < -0.3 is 15.5 Å². The molecule has 16 heavy (non-hydrogen) atoms. The Balaban J connectivity index is 2.16. The Labute approximate surface area is 100 Å². The third kappa shape index (κ3) is 2.48. The van der Waals surface area contributed by atoms with Gasteiger partial charge in [0.1, 0.15) is 5.75 Å². The fourth-order valence-electron chi connectivity index (χ4n) is 2.16. The van der Waals surface area contributed by atoms with Gasteiger partial charge in [0.05, 0.1) is 10.6 Å². The van der Waals surface area contributed by atoms with Crippen LogP contribution in [0.5, 0.6) is 5.75 Å². The van der Waals surface area contributed by atoms with Crippen LogP contribution in [-0.4, -0.2) is 28.9 Å². The van der Waals surface area contributed by atoms with Gasteiger partial charge >= 0.3 is 0 Å². The highest BCUT2D eigenvalue weighted by Crippen LogP contribution is 2.31. The van der Waals surface area contributed by atoms with Gasteiger partial charge in [-0.15, -0.1) is 0 Å². The molecule has 1 aromatic rings. The number of piperidine rings is 1. The largest absolute Gasteiger partial charge is 0.506 e. The number of aliphatic hydroxyl groups is 1. The van der Waals surface area contributed by atoms with Crippen molar-refractivity contribution in [3.05, 3.63) is 28.8 Å². The van der Waals surface area contributed by atoms with Crippen LogP contribution in [0.2, 0.25) is 5.02 Å². The van der Waals surface area contributed by atoms with E-state index in [1.54, 1.807) is 18.2 Å². The SMILES string of the molecule is Oc1c(Cl)cccc1CC1(O)CCCNC1. The number of hydrogen-bond donors (Lipinski definition) is 3. The Bertz CT molecular complexity index is 375. The van der Waals surface area contributed by atoms with Crippen LogP contribution in [0.25, 0.3) is 0 Å². The summed E-state index contributed by atoms with van der Waals surface area (Å²) in [7, 11) is 0. The summed E-state index contributed by atoms with van der Waals surface area (Å²) < 4.78 is 0. The van der Waals surface area contributed by atoms with Gasteiger partial charge in [-0.05, 0) is 31.0 Å². The molecule has 1 unspecified atom stereocenters. The molecule has 0 radical (unpaired) electrons. The number of para-hydroxylation sites is 1. The Kier molecular flexibility index (Phi) is 3.38. The van der Waals surface area contributed by atoms with Crippen molar-refractivity contribution in [3.8, 4) is 5.75 Å². The van der Waals surface area contributed by atoms with Crippen molar-refractivity contribution in [2.75, 3.05) is 13.1 Å². The average Bonchev–Trinajstić information content (AvgIpc) is 2.26. The normalized spacial score (nSPS) is 25.6. The monoisotopic (exact) mass is 241 g/mol. The Hall–Kier alpha value is -0.770. The predicted molar refractivity (Wildman–Crippen MR) is 63.9 cm³/mol. The van der Waals surface area contributed by atoms with Crippen molar-refractivity contribution in [3.63, 3.8) is 0 Å². The van der Waals surface area contributed by atoms with Crippen molar-refractivity contribution in [2.45, 2.75) is 24.9 Å². The number of aromatic hydroxyl groups is 1. The summed E-state index contributed by atoms with van der Waals surface area (Å²) in [6.07, 6.45) is 2.15. The molecular formula is C12H16ClNO2. The molecule has 2 rings (SSSR count). The van der Waals surface area contributed by atoms with Gasteiger partial charge in [-0.3, -0.25) is 0 Å². The molecule has 88 valence electrons. The molecule has 1 aromatic carbocycles. The molecule has 0 aliphatic carbocycles. The van der Waals surface area contributed by atoms with E-state index >= 15 is 0 Å². The van der Waals surface area contributed by atoms with Gasteiger partial charge in [-0.1, -0.05) is 23.7 Å². The van der Waals surface area contributed by atoms with Crippen LogP contribution in [0, 0.1) is 0 Å².